The second-order valence-corrected chi connectivity index (χ2v) is 7.13. The molecule has 30 heavy (non-hydrogen) atoms. The number of halogens is 1. The van der Waals surface area contributed by atoms with E-state index in [4.69, 9.17) is 16.7 Å². The molecule has 0 aliphatic rings. The third-order valence-corrected chi connectivity index (χ3v) is 4.97. The van der Waals surface area contributed by atoms with E-state index in [0.717, 1.165) is 28.1 Å². The van der Waals surface area contributed by atoms with Gasteiger partial charge in [-0.15, -0.1) is 0 Å². The average Bonchev–Trinajstić information content (AvgIpc) is 3.23. The molecule has 1 N–H and O–H groups in total. The van der Waals surface area contributed by atoms with Crippen LogP contribution in [0.4, 0.5) is 0 Å². The molecule has 1 aromatic heterocycles. The standard InChI is InChI=1S/C25H20ClN3O/c26-23-14-8-7-9-19(23)15-16-24(30)27-17-21-18-29(22-12-5-2-6-13-22)28-25(21)20-10-3-1-4-11-20/h1-16,18H,17H2,(H,27,30)/b16-15+. The Bertz CT molecular complexity index is 1170. The van der Waals surface area contributed by atoms with E-state index in [-0.39, 0.29) is 5.91 Å². The van der Waals surface area contributed by atoms with Gasteiger partial charge in [-0.25, -0.2) is 4.68 Å². The summed E-state index contributed by atoms with van der Waals surface area (Å²) < 4.78 is 1.84. The van der Waals surface area contributed by atoms with Gasteiger partial charge in [0, 0.05) is 35.0 Å². The molecular weight excluding hydrogens is 394 g/mol. The molecule has 0 spiro atoms. The molecule has 0 aliphatic carbocycles. The van der Waals surface area contributed by atoms with Crippen LogP contribution < -0.4 is 5.32 Å². The average molecular weight is 414 g/mol. The van der Waals surface area contributed by atoms with E-state index in [1.54, 1.807) is 12.1 Å². The van der Waals surface area contributed by atoms with Gasteiger partial charge in [0.15, 0.2) is 0 Å². The Morgan fingerprint density at radius 2 is 1.60 bits per heavy atom. The molecule has 0 unspecified atom stereocenters. The summed E-state index contributed by atoms with van der Waals surface area (Å²) in [5.74, 6) is -0.193. The minimum Gasteiger partial charge on any atom is -0.348 e. The molecule has 148 valence electrons. The number of carbonyl (C=O) groups is 1. The molecule has 0 saturated carbocycles. The van der Waals surface area contributed by atoms with Crippen LogP contribution in [-0.2, 0) is 11.3 Å². The highest BCUT2D eigenvalue weighted by Gasteiger charge is 2.12. The summed E-state index contributed by atoms with van der Waals surface area (Å²) in [6.07, 6.45) is 5.16. The second kappa shape index (κ2) is 9.25. The zero-order valence-corrected chi connectivity index (χ0v) is 17.0. The number of carbonyl (C=O) groups excluding carboxylic acids is 1. The number of hydrogen-bond acceptors (Lipinski definition) is 2. The summed E-state index contributed by atoms with van der Waals surface area (Å²) >= 11 is 6.14. The molecule has 1 amide bonds. The number of amides is 1. The van der Waals surface area contributed by atoms with Gasteiger partial charge in [0.05, 0.1) is 11.4 Å². The van der Waals surface area contributed by atoms with Gasteiger partial charge in [-0.3, -0.25) is 4.79 Å². The molecular formula is C25H20ClN3O. The van der Waals surface area contributed by atoms with Gasteiger partial charge >= 0.3 is 0 Å². The predicted octanol–water partition coefficient (Wildman–Crippen LogP) is 5.52. The molecule has 4 nitrogen and oxygen atoms in total. The fourth-order valence-electron chi connectivity index (χ4n) is 3.11. The topological polar surface area (TPSA) is 46.9 Å². The summed E-state index contributed by atoms with van der Waals surface area (Å²) in [6, 6.07) is 27.3. The largest absolute Gasteiger partial charge is 0.348 e. The van der Waals surface area contributed by atoms with Gasteiger partial charge in [-0.1, -0.05) is 78.3 Å². The molecule has 0 aliphatic heterocycles. The van der Waals surface area contributed by atoms with E-state index in [0.29, 0.717) is 11.6 Å². The van der Waals surface area contributed by atoms with Gasteiger partial charge in [0.1, 0.15) is 0 Å². The van der Waals surface area contributed by atoms with Crippen molar-refractivity contribution in [3.8, 4) is 16.9 Å². The van der Waals surface area contributed by atoms with Crippen molar-refractivity contribution in [2.45, 2.75) is 6.54 Å². The molecule has 3 aromatic carbocycles. The van der Waals surface area contributed by atoms with Gasteiger partial charge in [0.25, 0.3) is 0 Å². The zero-order chi connectivity index (χ0) is 20.8. The highest BCUT2D eigenvalue weighted by molar-refractivity contribution is 6.32. The van der Waals surface area contributed by atoms with Crippen LogP contribution in [0.3, 0.4) is 0 Å². The molecule has 1 heterocycles. The number of aromatic nitrogens is 2. The van der Waals surface area contributed by atoms with Gasteiger partial charge in [0.2, 0.25) is 5.91 Å². The van der Waals surface area contributed by atoms with Crippen LogP contribution in [0, 0.1) is 0 Å². The van der Waals surface area contributed by atoms with Crippen LogP contribution in [0.15, 0.2) is 97.2 Å². The lowest BCUT2D eigenvalue weighted by Crippen LogP contribution is -2.20. The highest BCUT2D eigenvalue weighted by atomic mass is 35.5. The maximum Gasteiger partial charge on any atom is 0.244 e. The van der Waals surface area contributed by atoms with Crippen molar-refractivity contribution in [2.75, 3.05) is 0 Å². The third kappa shape index (κ3) is 4.67. The normalized spacial score (nSPS) is 11.0. The SMILES string of the molecule is O=C(/C=C/c1ccccc1Cl)NCc1cn(-c2ccccc2)nc1-c1ccccc1. The summed E-state index contributed by atoms with van der Waals surface area (Å²) in [5, 5.41) is 8.31. The van der Waals surface area contributed by atoms with Crippen molar-refractivity contribution in [1.82, 2.24) is 15.1 Å². The van der Waals surface area contributed by atoms with Crippen LogP contribution >= 0.6 is 11.6 Å². The Labute approximate surface area is 180 Å². The van der Waals surface area contributed by atoms with Crippen LogP contribution in [0.25, 0.3) is 23.0 Å². The van der Waals surface area contributed by atoms with E-state index in [9.17, 15) is 4.79 Å². The minimum atomic E-state index is -0.193. The molecule has 0 atom stereocenters. The van der Waals surface area contributed by atoms with Crippen LogP contribution in [-0.4, -0.2) is 15.7 Å². The second-order valence-electron chi connectivity index (χ2n) is 6.72. The highest BCUT2D eigenvalue weighted by Crippen LogP contribution is 2.23. The Balaban J connectivity index is 1.55. The van der Waals surface area contributed by atoms with Gasteiger partial charge in [-0.2, -0.15) is 5.10 Å². The molecule has 0 bridgehead atoms. The van der Waals surface area contributed by atoms with Crippen molar-refractivity contribution < 1.29 is 4.79 Å². The number of rotatable bonds is 6. The number of nitrogens with zero attached hydrogens (tertiary/aromatic N) is 2. The first kappa shape index (κ1) is 19.7. The number of nitrogens with one attached hydrogen (secondary N) is 1. The van der Waals surface area contributed by atoms with Crippen molar-refractivity contribution in [3.63, 3.8) is 0 Å². The van der Waals surface area contributed by atoms with E-state index >= 15 is 0 Å². The molecule has 4 aromatic rings. The monoisotopic (exact) mass is 413 g/mol. The van der Waals surface area contributed by atoms with Crippen LogP contribution in [0.1, 0.15) is 11.1 Å². The first-order valence-corrected chi connectivity index (χ1v) is 9.98. The first-order chi connectivity index (χ1) is 14.7. The smallest absolute Gasteiger partial charge is 0.244 e. The van der Waals surface area contributed by atoms with Crippen molar-refractivity contribution in [3.05, 3.63) is 113 Å². The maximum absolute atomic E-state index is 12.4. The number of hydrogen-bond donors (Lipinski definition) is 1. The number of benzene rings is 3. The van der Waals surface area contributed by atoms with Crippen molar-refractivity contribution >= 4 is 23.6 Å². The van der Waals surface area contributed by atoms with Gasteiger partial charge < -0.3 is 5.32 Å². The van der Waals surface area contributed by atoms with Crippen LogP contribution in [0.2, 0.25) is 5.02 Å². The lowest BCUT2D eigenvalue weighted by atomic mass is 10.1. The van der Waals surface area contributed by atoms with E-state index in [1.807, 2.05) is 89.7 Å². The Morgan fingerprint density at radius 3 is 2.33 bits per heavy atom. The third-order valence-electron chi connectivity index (χ3n) is 4.63. The Morgan fingerprint density at radius 1 is 0.933 bits per heavy atom. The molecule has 0 radical (unpaired) electrons. The first-order valence-electron chi connectivity index (χ1n) is 9.60. The molecule has 0 fully saturated rings. The predicted molar refractivity (Wildman–Crippen MR) is 121 cm³/mol. The lowest BCUT2D eigenvalue weighted by molar-refractivity contribution is -0.116. The van der Waals surface area contributed by atoms with E-state index in [2.05, 4.69) is 5.32 Å². The molecule has 0 saturated heterocycles. The summed E-state index contributed by atoms with van der Waals surface area (Å²) in [7, 11) is 0. The zero-order valence-electron chi connectivity index (χ0n) is 16.2. The molecule has 4 rings (SSSR count). The van der Waals surface area contributed by atoms with E-state index in [1.165, 1.54) is 6.08 Å². The quantitative estimate of drug-likeness (QED) is 0.423. The van der Waals surface area contributed by atoms with Gasteiger partial charge in [-0.05, 0) is 29.8 Å². The fourth-order valence-corrected chi connectivity index (χ4v) is 3.31. The number of para-hydroxylation sites is 1. The van der Waals surface area contributed by atoms with Crippen LogP contribution in [0.5, 0.6) is 0 Å². The fraction of sp³-hybridized carbons (Fsp3) is 0.0400. The van der Waals surface area contributed by atoms with Crippen molar-refractivity contribution in [2.24, 2.45) is 0 Å². The Hall–Kier alpha value is -3.63. The maximum atomic E-state index is 12.4. The Kier molecular flexibility index (Phi) is 6.06. The lowest BCUT2D eigenvalue weighted by Gasteiger charge is -2.03. The summed E-state index contributed by atoms with van der Waals surface area (Å²) in [6.45, 7) is 0.364. The van der Waals surface area contributed by atoms with Crippen molar-refractivity contribution in [1.29, 1.82) is 0 Å². The molecule has 5 heteroatoms. The van der Waals surface area contributed by atoms with E-state index < -0.39 is 0 Å². The summed E-state index contributed by atoms with van der Waals surface area (Å²) in [4.78, 5) is 12.4. The minimum absolute atomic E-state index is 0.193. The summed E-state index contributed by atoms with van der Waals surface area (Å²) in [5.41, 5.74) is 4.55.